The topological polar surface area (TPSA) is 17.1 Å². The third-order valence-electron chi connectivity index (χ3n) is 3.40. The van der Waals surface area contributed by atoms with Crippen molar-refractivity contribution < 1.29 is 18.0 Å². The number of carbonyl (C=O) groups excluding carboxylic acids is 1. The quantitative estimate of drug-likeness (QED) is 0.560. The maximum absolute atomic E-state index is 12.9. The van der Waals surface area contributed by atoms with Crippen LogP contribution in [0.15, 0.2) is 48.5 Å². The molecule has 0 aliphatic carbocycles. The summed E-state index contributed by atoms with van der Waals surface area (Å²) in [6.07, 6.45) is -4.87. The molecule has 0 aliphatic rings. The van der Waals surface area contributed by atoms with Gasteiger partial charge in [-0.05, 0) is 18.6 Å². The summed E-state index contributed by atoms with van der Waals surface area (Å²) >= 11 is 0.888. The van der Waals surface area contributed by atoms with Gasteiger partial charge in [0.2, 0.25) is 0 Å². The van der Waals surface area contributed by atoms with Crippen molar-refractivity contribution in [3.05, 3.63) is 59.0 Å². The molecule has 0 N–H and O–H groups in total. The van der Waals surface area contributed by atoms with E-state index in [2.05, 4.69) is 0 Å². The summed E-state index contributed by atoms with van der Waals surface area (Å²) < 4.78 is 39.3. The summed E-state index contributed by atoms with van der Waals surface area (Å²) in [4.78, 5) is 11.5. The van der Waals surface area contributed by atoms with Crippen molar-refractivity contribution in [2.45, 2.75) is 13.1 Å². The van der Waals surface area contributed by atoms with Crippen LogP contribution in [-0.2, 0) is 0 Å². The van der Waals surface area contributed by atoms with Crippen molar-refractivity contribution in [2.75, 3.05) is 0 Å². The van der Waals surface area contributed by atoms with E-state index in [-0.39, 0.29) is 4.88 Å². The first-order valence-electron chi connectivity index (χ1n) is 6.58. The predicted octanol–water partition coefficient (Wildman–Crippen LogP) is 5.62. The largest absolute Gasteiger partial charge is 0.455 e. The van der Waals surface area contributed by atoms with E-state index in [1.807, 2.05) is 19.1 Å². The van der Waals surface area contributed by atoms with E-state index in [0.717, 1.165) is 16.9 Å². The van der Waals surface area contributed by atoms with Crippen molar-refractivity contribution in [1.29, 1.82) is 0 Å². The lowest BCUT2D eigenvalue weighted by Gasteiger charge is -2.07. The Kier molecular flexibility index (Phi) is 3.53. The summed E-state index contributed by atoms with van der Waals surface area (Å²) in [5, 5.41) is 0.670. The van der Waals surface area contributed by atoms with Crippen LogP contribution in [0.1, 0.15) is 15.2 Å². The molecule has 0 spiro atoms. The van der Waals surface area contributed by atoms with Gasteiger partial charge in [0.15, 0.2) is 0 Å². The second-order valence-corrected chi connectivity index (χ2v) is 6.05. The first kappa shape index (κ1) is 14.8. The summed E-state index contributed by atoms with van der Waals surface area (Å²) in [5.41, 5.74) is 1.99. The van der Waals surface area contributed by atoms with E-state index in [9.17, 15) is 18.0 Å². The van der Waals surface area contributed by atoms with Crippen LogP contribution in [0.4, 0.5) is 13.2 Å². The van der Waals surface area contributed by atoms with E-state index in [1.54, 1.807) is 36.4 Å². The van der Waals surface area contributed by atoms with Crippen LogP contribution < -0.4 is 0 Å². The number of Topliss-reactive ketones (excluding diaryl/α,β-unsaturated/α-hetero) is 1. The molecule has 0 aliphatic heterocycles. The molecular formula is C17H11F3OS. The van der Waals surface area contributed by atoms with Gasteiger partial charge in [0, 0.05) is 15.6 Å². The predicted molar refractivity (Wildman–Crippen MR) is 82.4 cm³/mol. The van der Waals surface area contributed by atoms with Crippen LogP contribution in [0.5, 0.6) is 0 Å². The Morgan fingerprint density at radius 3 is 2.27 bits per heavy atom. The van der Waals surface area contributed by atoms with Gasteiger partial charge in [-0.1, -0.05) is 48.0 Å². The van der Waals surface area contributed by atoms with Crippen molar-refractivity contribution >= 4 is 27.2 Å². The zero-order chi connectivity index (χ0) is 15.9. The minimum absolute atomic E-state index is 0.252. The van der Waals surface area contributed by atoms with Crippen molar-refractivity contribution in [3.63, 3.8) is 0 Å². The fraction of sp³-hybridized carbons (Fsp3) is 0.118. The highest BCUT2D eigenvalue weighted by atomic mass is 32.1. The molecule has 3 aromatic rings. The number of thiophene rings is 1. The fourth-order valence-corrected chi connectivity index (χ4v) is 3.53. The number of halogens is 3. The van der Waals surface area contributed by atoms with Gasteiger partial charge in [-0.15, -0.1) is 11.3 Å². The number of aryl methyl sites for hydroxylation is 1. The smallest absolute Gasteiger partial charge is 0.283 e. The number of rotatable bonds is 2. The first-order chi connectivity index (χ1) is 10.4. The molecule has 1 aromatic heterocycles. The molecule has 1 heterocycles. The molecule has 3 rings (SSSR count). The molecule has 0 unspecified atom stereocenters. The van der Waals surface area contributed by atoms with Gasteiger partial charge in [0.05, 0.1) is 4.88 Å². The number of ketones is 1. The molecule has 22 heavy (non-hydrogen) atoms. The summed E-state index contributed by atoms with van der Waals surface area (Å²) in [6.45, 7) is 1.90. The Hall–Kier alpha value is -2.14. The lowest BCUT2D eigenvalue weighted by atomic mass is 9.99. The van der Waals surface area contributed by atoms with Gasteiger partial charge in [-0.2, -0.15) is 13.2 Å². The molecule has 0 atom stereocenters. The zero-order valence-corrected chi connectivity index (χ0v) is 12.4. The SMILES string of the molecule is Cc1ccc(-c2c(C(=O)C(F)(F)F)sc3ccccc23)cc1. The molecule has 0 bridgehead atoms. The maximum Gasteiger partial charge on any atom is 0.455 e. The van der Waals surface area contributed by atoms with E-state index in [0.29, 0.717) is 21.2 Å². The highest BCUT2D eigenvalue weighted by molar-refractivity contribution is 7.21. The highest BCUT2D eigenvalue weighted by Gasteiger charge is 2.42. The molecule has 5 heteroatoms. The van der Waals surface area contributed by atoms with Gasteiger partial charge in [0.1, 0.15) is 0 Å². The van der Waals surface area contributed by atoms with Gasteiger partial charge < -0.3 is 0 Å². The van der Waals surface area contributed by atoms with Crippen LogP contribution in [0.25, 0.3) is 21.2 Å². The standard InChI is InChI=1S/C17H11F3OS/c1-10-6-8-11(9-7-10)14-12-4-2-3-5-13(12)22-15(14)16(21)17(18,19)20/h2-9H,1H3. The Balaban J connectivity index is 2.30. The van der Waals surface area contributed by atoms with Crippen molar-refractivity contribution in [2.24, 2.45) is 0 Å². The van der Waals surface area contributed by atoms with Crippen molar-refractivity contribution in [1.82, 2.24) is 0 Å². The molecule has 0 amide bonds. The number of carbonyl (C=O) groups is 1. The average Bonchev–Trinajstić information content (AvgIpc) is 2.85. The Morgan fingerprint density at radius 2 is 1.64 bits per heavy atom. The number of fused-ring (bicyclic) bond motifs is 1. The molecule has 0 saturated heterocycles. The Bertz CT molecular complexity index is 844. The highest BCUT2D eigenvalue weighted by Crippen LogP contribution is 2.41. The second kappa shape index (κ2) is 5.25. The van der Waals surface area contributed by atoms with Gasteiger partial charge in [-0.3, -0.25) is 4.79 Å². The first-order valence-corrected chi connectivity index (χ1v) is 7.39. The molecular weight excluding hydrogens is 309 g/mol. The van der Waals surface area contributed by atoms with Crippen LogP contribution in [0.3, 0.4) is 0 Å². The van der Waals surface area contributed by atoms with E-state index in [1.165, 1.54) is 0 Å². The normalized spacial score (nSPS) is 11.8. The summed E-state index contributed by atoms with van der Waals surface area (Å²) in [5.74, 6) is -1.79. The van der Waals surface area contributed by atoms with Crippen LogP contribution >= 0.6 is 11.3 Å². The minimum Gasteiger partial charge on any atom is -0.283 e. The molecule has 0 saturated carbocycles. The summed E-state index contributed by atoms with van der Waals surface area (Å²) in [6, 6.07) is 14.1. The van der Waals surface area contributed by atoms with E-state index in [4.69, 9.17) is 0 Å². The number of alkyl halides is 3. The summed E-state index contributed by atoms with van der Waals surface area (Å²) in [7, 11) is 0. The third kappa shape index (κ3) is 2.52. The van der Waals surface area contributed by atoms with Gasteiger partial charge in [-0.25, -0.2) is 0 Å². The van der Waals surface area contributed by atoms with E-state index >= 15 is 0 Å². The molecule has 2 aromatic carbocycles. The lowest BCUT2D eigenvalue weighted by molar-refractivity contribution is -0.0882. The van der Waals surface area contributed by atoms with Crippen LogP contribution in [-0.4, -0.2) is 12.0 Å². The monoisotopic (exact) mass is 320 g/mol. The number of benzene rings is 2. The maximum atomic E-state index is 12.9. The van der Waals surface area contributed by atoms with Crippen LogP contribution in [0.2, 0.25) is 0 Å². The zero-order valence-electron chi connectivity index (χ0n) is 11.6. The Labute approximate surface area is 129 Å². The molecule has 0 radical (unpaired) electrons. The van der Waals surface area contributed by atoms with Gasteiger partial charge in [0.25, 0.3) is 5.78 Å². The second-order valence-electron chi connectivity index (χ2n) is 5.00. The Morgan fingerprint density at radius 1 is 1.00 bits per heavy atom. The van der Waals surface area contributed by atoms with E-state index < -0.39 is 12.0 Å². The van der Waals surface area contributed by atoms with Gasteiger partial charge >= 0.3 is 6.18 Å². The van der Waals surface area contributed by atoms with Crippen molar-refractivity contribution in [3.8, 4) is 11.1 Å². The number of hydrogen-bond acceptors (Lipinski definition) is 2. The minimum atomic E-state index is -4.87. The molecule has 112 valence electrons. The third-order valence-corrected chi connectivity index (χ3v) is 4.57. The molecule has 1 nitrogen and oxygen atoms in total. The molecule has 0 fully saturated rings. The lowest BCUT2D eigenvalue weighted by Crippen LogP contribution is -2.22. The average molecular weight is 320 g/mol. The fourth-order valence-electron chi connectivity index (χ4n) is 2.34. The van der Waals surface area contributed by atoms with Crippen LogP contribution in [0, 0.1) is 6.92 Å². The number of hydrogen-bond donors (Lipinski definition) is 0.